The quantitative estimate of drug-likeness (QED) is 0.705. The molecule has 1 aliphatic heterocycles. The zero-order chi connectivity index (χ0) is 19.2. The minimum atomic E-state index is -1.68. The van der Waals surface area contributed by atoms with Crippen LogP contribution in [0, 0.1) is 0 Å². The Kier molecular flexibility index (Phi) is 4.05. The van der Waals surface area contributed by atoms with E-state index in [1.807, 2.05) is 24.3 Å². The summed E-state index contributed by atoms with van der Waals surface area (Å²) in [5.74, 6) is -0.842. The van der Waals surface area contributed by atoms with Gasteiger partial charge >= 0.3 is 0 Å². The molecular formula is C18H16N4O4S. The summed E-state index contributed by atoms with van der Waals surface area (Å²) in [6.07, 6.45) is 0.256. The maximum atomic E-state index is 12.2. The Morgan fingerprint density at radius 1 is 1.33 bits per heavy atom. The van der Waals surface area contributed by atoms with Crippen molar-refractivity contribution in [3.8, 4) is 22.5 Å². The van der Waals surface area contributed by atoms with Crippen LogP contribution in [0.15, 0.2) is 40.2 Å². The van der Waals surface area contributed by atoms with Crippen molar-refractivity contribution in [2.75, 3.05) is 13.6 Å². The number of hydrogen-bond donors (Lipinski definition) is 2. The van der Waals surface area contributed by atoms with E-state index in [1.165, 1.54) is 16.2 Å². The number of likely N-dealkylation sites (tertiary alicyclic amines) is 1. The van der Waals surface area contributed by atoms with E-state index in [0.29, 0.717) is 17.9 Å². The molecule has 1 atom stereocenters. The molecular weight excluding hydrogens is 368 g/mol. The third kappa shape index (κ3) is 2.90. The Labute approximate surface area is 158 Å². The minimum Gasteiger partial charge on any atom is -0.373 e. The summed E-state index contributed by atoms with van der Waals surface area (Å²) >= 11 is 1.18. The summed E-state index contributed by atoms with van der Waals surface area (Å²) in [5.41, 5.74) is 6.22. The zero-order valence-corrected chi connectivity index (χ0v) is 15.2. The molecule has 0 saturated carbocycles. The van der Waals surface area contributed by atoms with Crippen molar-refractivity contribution in [2.45, 2.75) is 12.0 Å². The van der Waals surface area contributed by atoms with Gasteiger partial charge in [-0.3, -0.25) is 9.59 Å². The highest BCUT2D eigenvalue weighted by atomic mass is 32.1. The molecule has 0 bridgehead atoms. The predicted octanol–water partition coefficient (Wildman–Crippen LogP) is 1.61. The molecule has 2 amide bonds. The zero-order valence-electron chi connectivity index (χ0n) is 14.4. The van der Waals surface area contributed by atoms with Crippen molar-refractivity contribution >= 4 is 23.2 Å². The van der Waals surface area contributed by atoms with Crippen LogP contribution in [-0.2, 0) is 10.4 Å². The first-order chi connectivity index (χ1) is 12.9. The van der Waals surface area contributed by atoms with Gasteiger partial charge in [0.25, 0.3) is 11.8 Å². The van der Waals surface area contributed by atoms with Crippen molar-refractivity contribution in [1.29, 1.82) is 0 Å². The second kappa shape index (κ2) is 6.29. The van der Waals surface area contributed by atoms with E-state index in [-0.39, 0.29) is 17.2 Å². The highest BCUT2D eigenvalue weighted by Gasteiger charge is 2.48. The summed E-state index contributed by atoms with van der Waals surface area (Å²) < 4.78 is 5.28. The topological polar surface area (TPSA) is 123 Å². The molecule has 1 aliphatic rings. The minimum absolute atomic E-state index is 0.127. The monoisotopic (exact) mass is 384 g/mol. The normalized spacial score (nSPS) is 19.6. The number of nitrogens with two attached hydrogens (primary N) is 1. The molecule has 3 N–H and O–H groups in total. The lowest BCUT2D eigenvalue weighted by atomic mass is 9.98. The number of amides is 2. The number of hydrogen-bond acceptors (Lipinski definition) is 7. The summed E-state index contributed by atoms with van der Waals surface area (Å²) in [7, 11) is 1.63. The van der Waals surface area contributed by atoms with E-state index in [2.05, 4.69) is 10.1 Å². The highest BCUT2D eigenvalue weighted by molar-refractivity contribution is 7.12. The molecule has 1 aromatic carbocycles. The van der Waals surface area contributed by atoms with Gasteiger partial charge in [0, 0.05) is 42.6 Å². The molecule has 2 aromatic heterocycles. The van der Waals surface area contributed by atoms with Gasteiger partial charge in [-0.05, 0) is 6.07 Å². The number of primary amides is 1. The van der Waals surface area contributed by atoms with Crippen LogP contribution in [0.25, 0.3) is 22.5 Å². The van der Waals surface area contributed by atoms with Gasteiger partial charge < -0.3 is 20.3 Å². The highest BCUT2D eigenvalue weighted by Crippen LogP contribution is 2.35. The molecule has 1 fully saturated rings. The summed E-state index contributed by atoms with van der Waals surface area (Å²) in [5, 5.41) is 16.7. The number of thiazole rings is 1. The number of rotatable bonds is 4. The van der Waals surface area contributed by atoms with Crippen LogP contribution < -0.4 is 5.73 Å². The van der Waals surface area contributed by atoms with Crippen LogP contribution in [0.3, 0.4) is 0 Å². The molecule has 27 heavy (non-hydrogen) atoms. The van der Waals surface area contributed by atoms with Crippen LogP contribution in [0.4, 0.5) is 0 Å². The number of likely N-dealkylation sites (N-methyl/N-ethyl adjacent to an activating group) is 1. The third-order valence-corrected chi connectivity index (χ3v) is 5.45. The Hall–Kier alpha value is -3.04. The number of nitrogens with zero attached hydrogens (tertiary/aromatic N) is 3. The van der Waals surface area contributed by atoms with Gasteiger partial charge in [-0.1, -0.05) is 23.4 Å². The molecule has 3 heterocycles. The van der Waals surface area contributed by atoms with E-state index >= 15 is 0 Å². The van der Waals surface area contributed by atoms with E-state index in [1.54, 1.807) is 18.5 Å². The van der Waals surface area contributed by atoms with Gasteiger partial charge in [0.05, 0.1) is 5.69 Å². The number of aliphatic hydroxyl groups is 1. The summed E-state index contributed by atoms with van der Waals surface area (Å²) in [6.45, 7) is 0.451. The molecule has 1 unspecified atom stereocenters. The van der Waals surface area contributed by atoms with Crippen LogP contribution in [0.2, 0.25) is 0 Å². The van der Waals surface area contributed by atoms with Gasteiger partial charge in [0.15, 0.2) is 10.8 Å². The lowest BCUT2D eigenvalue weighted by Gasteiger charge is -2.16. The molecule has 0 aliphatic carbocycles. The second-order valence-electron chi connectivity index (χ2n) is 6.40. The first-order valence-electron chi connectivity index (χ1n) is 8.20. The number of benzene rings is 1. The Balaban J connectivity index is 1.66. The summed E-state index contributed by atoms with van der Waals surface area (Å²) in [6, 6.07) is 8.93. The van der Waals surface area contributed by atoms with Gasteiger partial charge in [-0.15, -0.1) is 11.3 Å². The maximum Gasteiger partial charge on any atom is 0.277 e. The van der Waals surface area contributed by atoms with Gasteiger partial charge in [-0.2, -0.15) is 0 Å². The lowest BCUT2D eigenvalue weighted by molar-refractivity contribution is -0.144. The number of carbonyl (C=O) groups excluding carboxylic acids is 2. The number of carbonyl (C=O) groups is 2. The van der Waals surface area contributed by atoms with Crippen molar-refractivity contribution in [1.82, 2.24) is 15.0 Å². The number of aromatic nitrogens is 2. The van der Waals surface area contributed by atoms with Crippen LogP contribution >= 0.6 is 11.3 Å². The van der Waals surface area contributed by atoms with Crippen molar-refractivity contribution < 1.29 is 19.2 Å². The van der Waals surface area contributed by atoms with Gasteiger partial charge in [0.2, 0.25) is 5.60 Å². The Morgan fingerprint density at radius 3 is 2.70 bits per heavy atom. The van der Waals surface area contributed by atoms with E-state index in [0.717, 1.165) is 11.1 Å². The Morgan fingerprint density at radius 2 is 2.07 bits per heavy atom. The molecule has 3 aromatic rings. The van der Waals surface area contributed by atoms with Gasteiger partial charge in [-0.25, -0.2) is 4.98 Å². The van der Waals surface area contributed by atoms with E-state index in [4.69, 9.17) is 10.3 Å². The van der Waals surface area contributed by atoms with Crippen LogP contribution in [-0.4, -0.2) is 45.6 Å². The molecule has 8 nitrogen and oxygen atoms in total. The fourth-order valence-corrected chi connectivity index (χ4v) is 3.73. The Bertz CT molecular complexity index is 1040. The fraction of sp³-hybridized carbons (Fsp3) is 0.222. The molecule has 0 spiro atoms. The maximum absolute atomic E-state index is 12.2. The molecule has 1 saturated heterocycles. The average molecular weight is 384 g/mol. The first kappa shape index (κ1) is 17.4. The van der Waals surface area contributed by atoms with E-state index in [9.17, 15) is 14.7 Å². The van der Waals surface area contributed by atoms with Crippen LogP contribution in [0.1, 0.15) is 22.0 Å². The molecule has 4 rings (SSSR count). The van der Waals surface area contributed by atoms with E-state index < -0.39 is 17.4 Å². The van der Waals surface area contributed by atoms with Crippen molar-refractivity contribution in [3.63, 3.8) is 0 Å². The second-order valence-corrected chi connectivity index (χ2v) is 7.25. The first-order valence-corrected chi connectivity index (χ1v) is 9.08. The van der Waals surface area contributed by atoms with Gasteiger partial charge in [0.1, 0.15) is 5.69 Å². The largest absolute Gasteiger partial charge is 0.373 e. The van der Waals surface area contributed by atoms with Crippen LogP contribution in [0.5, 0.6) is 0 Å². The fourth-order valence-electron chi connectivity index (χ4n) is 3.05. The molecule has 9 heteroatoms. The SMILES string of the molecule is CN1CCC(O)(c2cc(-c3cccc(-c4csc(C(N)=O)n4)c3)no2)C1=O. The van der Waals surface area contributed by atoms with Crippen molar-refractivity contribution in [2.24, 2.45) is 5.73 Å². The standard InChI is InChI=1S/C18H16N4O4S/c1-22-6-5-18(25,17(22)24)14-8-12(21-26-14)10-3-2-4-11(7-10)13-9-27-16(20-13)15(19)23/h2-4,7-9,25H,5-6H2,1H3,(H2,19,23). The summed E-state index contributed by atoms with van der Waals surface area (Å²) in [4.78, 5) is 29.1. The third-order valence-electron chi connectivity index (χ3n) is 4.60. The van der Waals surface area contributed by atoms with Crippen molar-refractivity contribution in [3.05, 3.63) is 46.5 Å². The molecule has 0 radical (unpaired) electrons. The lowest BCUT2D eigenvalue weighted by Crippen LogP contribution is -2.35. The average Bonchev–Trinajstić information content (AvgIpc) is 3.39. The smallest absolute Gasteiger partial charge is 0.277 e. The predicted molar refractivity (Wildman–Crippen MR) is 97.7 cm³/mol. The molecule has 138 valence electrons.